The van der Waals surface area contributed by atoms with Crippen LogP contribution in [0, 0.1) is 0 Å². The van der Waals surface area contributed by atoms with Gasteiger partial charge in [0.1, 0.15) is 19.0 Å². The lowest BCUT2D eigenvalue weighted by Crippen LogP contribution is -2.16. The molecule has 1 aliphatic rings. The fraction of sp³-hybridized carbons (Fsp3) is 0.217. The Balaban J connectivity index is 1.73. The summed E-state index contributed by atoms with van der Waals surface area (Å²) >= 11 is 1.43. The highest BCUT2D eigenvalue weighted by atomic mass is 32.1. The highest BCUT2D eigenvalue weighted by molar-refractivity contribution is 7.07. The van der Waals surface area contributed by atoms with Gasteiger partial charge >= 0.3 is 6.61 Å². The Hall–Kier alpha value is -3.46. The van der Waals surface area contributed by atoms with Gasteiger partial charge in [0.25, 0.3) is 0 Å². The predicted molar refractivity (Wildman–Crippen MR) is 120 cm³/mol. The summed E-state index contributed by atoms with van der Waals surface area (Å²) in [5.41, 5.74) is 3.20. The number of fused-ring (bicyclic) bond motifs is 1. The molecule has 4 rings (SSSR count). The number of aromatic nitrogens is 1. The summed E-state index contributed by atoms with van der Waals surface area (Å²) < 4.78 is 42.4. The number of thiazole rings is 1. The van der Waals surface area contributed by atoms with E-state index in [1.54, 1.807) is 22.9 Å². The van der Waals surface area contributed by atoms with E-state index in [0.717, 1.165) is 22.5 Å². The van der Waals surface area contributed by atoms with Gasteiger partial charge in [-0.2, -0.15) is 13.9 Å². The molecule has 0 radical (unpaired) electrons. The molecule has 166 valence electrons. The van der Waals surface area contributed by atoms with Crippen LogP contribution < -0.4 is 19.0 Å². The first-order chi connectivity index (χ1) is 15.5. The lowest BCUT2D eigenvalue weighted by Gasteiger charge is -2.18. The fourth-order valence-electron chi connectivity index (χ4n) is 3.13. The SMILES string of the molecule is C=CCN=c1scc(-c2ccc(OC(F)F)cc2)n1N=C(C)c1ccc2c(c1)OCCO2. The predicted octanol–water partition coefficient (Wildman–Crippen LogP) is 4.95. The van der Waals surface area contributed by atoms with Gasteiger partial charge in [-0.05, 0) is 49.4 Å². The number of ether oxygens (including phenoxy) is 3. The number of benzene rings is 2. The lowest BCUT2D eigenvalue weighted by molar-refractivity contribution is -0.0498. The summed E-state index contributed by atoms with van der Waals surface area (Å²) in [5.74, 6) is 1.49. The van der Waals surface area contributed by atoms with Gasteiger partial charge in [0.2, 0.25) is 4.80 Å². The first-order valence-corrected chi connectivity index (χ1v) is 10.8. The lowest BCUT2D eigenvalue weighted by atomic mass is 10.1. The number of halogens is 2. The number of hydrogen-bond donors (Lipinski definition) is 0. The van der Waals surface area contributed by atoms with Gasteiger partial charge in [-0.15, -0.1) is 17.9 Å². The normalized spacial score (nSPS) is 14.0. The van der Waals surface area contributed by atoms with Crippen molar-refractivity contribution in [2.45, 2.75) is 13.5 Å². The molecule has 0 saturated heterocycles. The third-order valence-electron chi connectivity index (χ3n) is 4.63. The number of nitrogens with zero attached hydrogens (tertiary/aromatic N) is 3. The van der Waals surface area contributed by atoms with Crippen LogP contribution in [0.25, 0.3) is 11.3 Å². The molecule has 3 aromatic rings. The van der Waals surface area contributed by atoms with Crippen LogP contribution in [0.4, 0.5) is 8.78 Å². The van der Waals surface area contributed by atoms with E-state index in [1.165, 1.54) is 23.5 Å². The van der Waals surface area contributed by atoms with Gasteiger partial charge in [0.05, 0.1) is 18.0 Å². The average Bonchev–Trinajstić information content (AvgIpc) is 3.19. The molecule has 9 heteroatoms. The summed E-state index contributed by atoms with van der Waals surface area (Å²) in [6.45, 7) is 4.23. The Morgan fingerprint density at radius 2 is 1.94 bits per heavy atom. The molecule has 32 heavy (non-hydrogen) atoms. The average molecular weight is 458 g/mol. The van der Waals surface area contributed by atoms with Crippen molar-refractivity contribution in [2.75, 3.05) is 19.8 Å². The molecule has 1 aliphatic heterocycles. The van der Waals surface area contributed by atoms with E-state index < -0.39 is 6.61 Å². The Kier molecular flexibility index (Phi) is 6.65. The third-order valence-corrected chi connectivity index (χ3v) is 5.48. The van der Waals surface area contributed by atoms with Crippen LogP contribution in [0.2, 0.25) is 0 Å². The van der Waals surface area contributed by atoms with Gasteiger partial charge in [-0.25, -0.2) is 4.68 Å². The molecule has 0 bridgehead atoms. The molecular weight excluding hydrogens is 436 g/mol. The van der Waals surface area contributed by atoms with Crippen molar-refractivity contribution in [3.05, 3.63) is 70.9 Å². The minimum atomic E-state index is -2.87. The highest BCUT2D eigenvalue weighted by Gasteiger charge is 2.14. The summed E-state index contributed by atoms with van der Waals surface area (Å²) in [5, 5.41) is 6.73. The van der Waals surface area contributed by atoms with Crippen molar-refractivity contribution in [3.8, 4) is 28.5 Å². The largest absolute Gasteiger partial charge is 0.486 e. The fourth-order valence-corrected chi connectivity index (χ4v) is 3.97. The van der Waals surface area contributed by atoms with Crippen LogP contribution in [0.15, 0.2) is 70.6 Å². The van der Waals surface area contributed by atoms with Crippen LogP contribution in [-0.4, -0.2) is 36.8 Å². The zero-order valence-corrected chi connectivity index (χ0v) is 18.1. The van der Waals surface area contributed by atoms with Crippen LogP contribution in [0.3, 0.4) is 0 Å². The van der Waals surface area contributed by atoms with E-state index >= 15 is 0 Å². The van der Waals surface area contributed by atoms with Crippen LogP contribution in [0.5, 0.6) is 17.2 Å². The van der Waals surface area contributed by atoms with Crippen molar-refractivity contribution in [2.24, 2.45) is 10.1 Å². The zero-order valence-electron chi connectivity index (χ0n) is 17.3. The van der Waals surface area contributed by atoms with E-state index in [-0.39, 0.29) is 5.75 Å². The number of rotatable bonds is 7. The van der Waals surface area contributed by atoms with Crippen LogP contribution >= 0.6 is 11.3 Å². The summed E-state index contributed by atoms with van der Waals surface area (Å²) in [4.78, 5) is 5.22. The van der Waals surface area contributed by atoms with Crippen molar-refractivity contribution < 1.29 is 23.0 Å². The van der Waals surface area contributed by atoms with E-state index in [4.69, 9.17) is 14.6 Å². The van der Waals surface area contributed by atoms with Crippen molar-refractivity contribution in [1.82, 2.24) is 4.68 Å². The second kappa shape index (κ2) is 9.78. The van der Waals surface area contributed by atoms with E-state index in [2.05, 4.69) is 16.3 Å². The van der Waals surface area contributed by atoms with Gasteiger partial charge in [0.15, 0.2) is 11.5 Å². The van der Waals surface area contributed by atoms with Crippen molar-refractivity contribution >= 4 is 17.0 Å². The standard InChI is InChI=1S/C23H21F2N3O3S/c1-3-10-26-23-28(19(14-32-23)16-4-7-18(8-5-16)31-22(24)25)27-15(2)17-6-9-20-21(13-17)30-12-11-29-20/h3-9,13-14,22H,1,10-12H2,2H3. The molecule has 0 fully saturated rings. The van der Waals surface area contributed by atoms with E-state index in [9.17, 15) is 8.78 Å². The quantitative estimate of drug-likeness (QED) is 0.373. The molecule has 0 atom stereocenters. The first kappa shape index (κ1) is 21.8. The minimum absolute atomic E-state index is 0.0954. The third kappa shape index (κ3) is 4.88. The second-order valence-electron chi connectivity index (χ2n) is 6.79. The highest BCUT2D eigenvalue weighted by Crippen LogP contribution is 2.31. The van der Waals surface area contributed by atoms with Gasteiger partial charge in [0, 0.05) is 16.5 Å². The summed E-state index contributed by atoms with van der Waals surface area (Å²) in [6, 6.07) is 12.1. The maximum absolute atomic E-state index is 12.5. The van der Waals surface area contributed by atoms with Gasteiger partial charge in [-0.3, -0.25) is 4.99 Å². The maximum atomic E-state index is 12.5. The summed E-state index contributed by atoms with van der Waals surface area (Å²) in [7, 11) is 0. The first-order valence-electron chi connectivity index (χ1n) is 9.88. The van der Waals surface area contributed by atoms with Crippen molar-refractivity contribution in [1.29, 1.82) is 0 Å². The molecule has 2 aromatic carbocycles. The molecule has 0 saturated carbocycles. The Morgan fingerprint density at radius 3 is 2.66 bits per heavy atom. The Bertz CT molecular complexity index is 1200. The smallest absolute Gasteiger partial charge is 0.387 e. The molecular formula is C23H21F2N3O3S. The Labute approximate surface area is 187 Å². The summed E-state index contributed by atoms with van der Waals surface area (Å²) in [6.07, 6.45) is 1.71. The van der Waals surface area contributed by atoms with Gasteiger partial charge in [-0.1, -0.05) is 6.08 Å². The molecule has 1 aromatic heterocycles. The molecule has 6 nitrogen and oxygen atoms in total. The van der Waals surface area contributed by atoms with Crippen LogP contribution in [-0.2, 0) is 0 Å². The monoisotopic (exact) mass is 457 g/mol. The van der Waals surface area contributed by atoms with Gasteiger partial charge < -0.3 is 14.2 Å². The zero-order chi connectivity index (χ0) is 22.5. The molecule has 0 N–H and O–H groups in total. The Morgan fingerprint density at radius 1 is 1.19 bits per heavy atom. The second-order valence-corrected chi connectivity index (χ2v) is 7.63. The van der Waals surface area contributed by atoms with Crippen LogP contribution in [0.1, 0.15) is 12.5 Å². The molecule has 0 spiro atoms. The topological polar surface area (TPSA) is 57.3 Å². The molecule has 0 amide bonds. The molecule has 0 unspecified atom stereocenters. The molecule has 2 heterocycles. The number of hydrogen-bond acceptors (Lipinski definition) is 6. The maximum Gasteiger partial charge on any atom is 0.387 e. The van der Waals surface area contributed by atoms with E-state index in [0.29, 0.717) is 36.1 Å². The minimum Gasteiger partial charge on any atom is -0.486 e. The number of alkyl halides is 2. The van der Waals surface area contributed by atoms with Crippen molar-refractivity contribution in [3.63, 3.8) is 0 Å². The van der Waals surface area contributed by atoms with E-state index in [1.807, 2.05) is 30.5 Å². The molecule has 0 aliphatic carbocycles.